The summed E-state index contributed by atoms with van der Waals surface area (Å²) in [5.74, 6) is 3.08. The molecule has 21 heavy (non-hydrogen) atoms. The van der Waals surface area contributed by atoms with Gasteiger partial charge in [-0.05, 0) is 44.6 Å². The Labute approximate surface area is 126 Å². The molecule has 1 aromatic rings. The molecule has 0 spiro atoms. The average Bonchev–Trinajstić information content (AvgIpc) is 3.07. The zero-order chi connectivity index (χ0) is 14.9. The van der Waals surface area contributed by atoms with Crippen molar-refractivity contribution in [2.45, 2.75) is 58.0 Å². The lowest BCUT2D eigenvalue weighted by molar-refractivity contribution is -0.0891. The minimum Gasteiger partial charge on any atom is -0.367 e. The summed E-state index contributed by atoms with van der Waals surface area (Å²) < 4.78 is 11.7. The highest BCUT2D eigenvalue weighted by Gasteiger charge is 2.42. The second-order valence-electron chi connectivity index (χ2n) is 6.83. The Hall–Kier alpha value is -0.940. The molecule has 1 N–H and O–H groups in total. The molecular formula is C16H27N3O2. The Balaban J connectivity index is 1.85. The number of hydrogen-bond acceptors (Lipinski definition) is 5. The van der Waals surface area contributed by atoms with Crippen molar-refractivity contribution >= 4 is 0 Å². The van der Waals surface area contributed by atoms with Gasteiger partial charge in [-0.3, -0.25) is 0 Å². The van der Waals surface area contributed by atoms with Gasteiger partial charge in [-0.1, -0.05) is 25.4 Å². The number of nitrogens with zero attached hydrogens (tertiary/aromatic N) is 2. The zero-order valence-corrected chi connectivity index (χ0v) is 13.4. The molecule has 0 aromatic carbocycles. The molecule has 0 bridgehead atoms. The van der Waals surface area contributed by atoms with Crippen LogP contribution in [0.3, 0.4) is 0 Å². The molecule has 4 atom stereocenters. The summed E-state index contributed by atoms with van der Waals surface area (Å²) in [7, 11) is 0. The molecule has 1 aliphatic heterocycles. The highest BCUT2D eigenvalue weighted by atomic mass is 16.5. The van der Waals surface area contributed by atoms with E-state index < -0.39 is 0 Å². The van der Waals surface area contributed by atoms with E-state index in [1.807, 2.05) is 6.92 Å². The van der Waals surface area contributed by atoms with Crippen LogP contribution in [0.5, 0.6) is 0 Å². The summed E-state index contributed by atoms with van der Waals surface area (Å²) in [5, 5.41) is 7.70. The summed E-state index contributed by atoms with van der Waals surface area (Å²) in [6, 6.07) is 0. The van der Waals surface area contributed by atoms with Crippen LogP contribution >= 0.6 is 0 Å². The minimum atomic E-state index is -0.330. The summed E-state index contributed by atoms with van der Waals surface area (Å²) in [6.45, 7) is 9.21. The number of rotatable bonds is 4. The van der Waals surface area contributed by atoms with Gasteiger partial charge in [0, 0.05) is 13.2 Å². The summed E-state index contributed by atoms with van der Waals surface area (Å²) in [5.41, 5.74) is -0.330. The van der Waals surface area contributed by atoms with Crippen LogP contribution in [-0.2, 0) is 10.3 Å². The lowest BCUT2D eigenvalue weighted by atomic mass is 9.78. The van der Waals surface area contributed by atoms with Gasteiger partial charge >= 0.3 is 0 Å². The van der Waals surface area contributed by atoms with Gasteiger partial charge in [0.2, 0.25) is 11.7 Å². The Kier molecular flexibility index (Phi) is 4.31. The van der Waals surface area contributed by atoms with Gasteiger partial charge < -0.3 is 14.6 Å². The number of ether oxygens (including phenoxy) is 1. The van der Waals surface area contributed by atoms with E-state index in [1.165, 1.54) is 12.8 Å². The molecule has 1 saturated carbocycles. The zero-order valence-electron chi connectivity index (χ0n) is 13.4. The third-order valence-electron chi connectivity index (χ3n) is 5.06. The molecule has 0 amide bonds. The average molecular weight is 293 g/mol. The quantitative estimate of drug-likeness (QED) is 0.925. The molecule has 1 saturated heterocycles. The SMILES string of the molecule is CCOC1(c2noc(C3CNCC3C)n2)CCCC(C)C1. The number of aromatic nitrogens is 2. The Morgan fingerprint density at radius 3 is 2.90 bits per heavy atom. The molecule has 1 aromatic heterocycles. The van der Waals surface area contributed by atoms with E-state index in [2.05, 4.69) is 24.3 Å². The van der Waals surface area contributed by atoms with Gasteiger partial charge in [-0.25, -0.2) is 0 Å². The van der Waals surface area contributed by atoms with E-state index in [0.717, 1.165) is 37.6 Å². The molecule has 4 unspecified atom stereocenters. The first-order chi connectivity index (χ1) is 10.1. The lowest BCUT2D eigenvalue weighted by Gasteiger charge is -2.37. The van der Waals surface area contributed by atoms with E-state index in [-0.39, 0.29) is 5.60 Å². The van der Waals surface area contributed by atoms with Crippen LogP contribution in [0.1, 0.15) is 64.1 Å². The molecule has 0 radical (unpaired) electrons. The molecule has 118 valence electrons. The van der Waals surface area contributed by atoms with Crippen LogP contribution in [0.4, 0.5) is 0 Å². The standard InChI is InChI=1S/C16H27N3O2/c1-4-20-16(7-5-6-11(2)8-16)15-18-14(21-19-15)13-10-17-9-12(13)3/h11-13,17H,4-10H2,1-3H3. The third kappa shape index (κ3) is 2.86. The molecule has 2 fully saturated rings. The monoisotopic (exact) mass is 293 g/mol. The van der Waals surface area contributed by atoms with Crippen LogP contribution in [0, 0.1) is 11.8 Å². The van der Waals surface area contributed by atoms with Crippen molar-refractivity contribution in [1.29, 1.82) is 0 Å². The Morgan fingerprint density at radius 2 is 2.24 bits per heavy atom. The maximum Gasteiger partial charge on any atom is 0.231 e. The van der Waals surface area contributed by atoms with Crippen LogP contribution in [0.2, 0.25) is 0 Å². The van der Waals surface area contributed by atoms with Crippen molar-refractivity contribution in [3.05, 3.63) is 11.7 Å². The minimum absolute atomic E-state index is 0.330. The predicted molar refractivity (Wildman–Crippen MR) is 80.0 cm³/mol. The fourth-order valence-electron chi connectivity index (χ4n) is 3.89. The Bertz CT molecular complexity index is 472. The van der Waals surface area contributed by atoms with Gasteiger partial charge in [-0.15, -0.1) is 0 Å². The number of nitrogens with one attached hydrogen (secondary N) is 1. The molecule has 3 rings (SSSR count). The van der Waals surface area contributed by atoms with E-state index in [9.17, 15) is 0 Å². The molecule has 2 aliphatic rings. The maximum absolute atomic E-state index is 6.13. The van der Waals surface area contributed by atoms with Gasteiger partial charge in [0.15, 0.2) is 0 Å². The van der Waals surface area contributed by atoms with Gasteiger partial charge in [0.05, 0.1) is 5.92 Å². The van der Waals surface area contributed by atoms with Crippen LogP contribution in [-0.4, -0.2) is 29.8 Å². The fraction of sp³-hybridized carbons (Fsp3) is 0.875. The van der Waals surface area contributed by atoms with Crippen LogP contribution in [0.25, 0.3) is 0 Å². The second-order valence-corrected chi connectivity index (χ2v) is 6.83. The highest BCUT2D eigenvalue weighted by molar-refractivity contribution is 5.08. The summed E-state index contributed by atoms with van der Waals surface area (Å²) in [6.07, 6.45) is 4.44. The highest BCUT2D eigenvalue weighted by Crippen LogP contribution is 2.42. The Morgan fingerprint density at radius 1 is 1.38 bits per heavy atom. The first-order valence-electron chi connectivity index (χ1n) is 8.33. The topological polar surface area (TPSA) is 60.2 Å². The van der Waals surface area contributed by atoms with Gasteiger partial charge in [-0.2, -0.15) is 4.98 Å². The molecular weight excluding hydrogens is 266 g/mol. The molecule has 2 heterocycles. The first kappa shape index (κ1) is 15.0. The molecule has 5 nitrogen and oxygen atoms in total. The van der Waals surface area contributed by atoms with Crippen molar-refractivity contribution in [2.24, 2.45) is 11.8 Å². The fourth-order valence-corrected chi connectivity index (χ4v) is 3.89. The number of hydrogen-bond donors (Lipinski definition) is 1. The van der Waals surface area contributed by atoms with E-state index in [1.54, 1.807) is 0 Å². The molecule has 1 aliphatic carbocycles. The lowest BCUT2D eigenvalue weighted by Crippen LogP contribution is -2.36. The predicted octanol–water partition coefficient (Wildman–Crippen LogP) is 2.83. The largest absolute Gasteiger partial charge is 0.367 e. The van der Waals surface area contributed by atoms with Gasteiger partial charge in [0.25, 0.3) is 0 Å². The smallest absolute Gasteiger partial charge is 0.231 e. The normalized spacial score (nSPS) is 37.0. The van der Waals surface area contributed by atoms with Crippen molar-refractivity contribution < 1.29 is 9.26 Å². The van der Waals surface area contributed by atoms with Crippen molar-refractivity contribution in [1.82, 2.24) is 15.5 Å². The van der Waals surface area contributed by atoms with Crippen molar-refractivity contribution in [3.8, 4) is 0 Å². The first-order valence-corrected chi connectivity index (χ1v) is 8.33. The summed E-state index contributed by atoms with van der Waals surface area (Å²) >= 11 is 0. The third-order valence-corrected chi connectivity index (χ3v) is 5.06. The molecule has 5 heteroatoms. The van der Waals surface area contributed by atoms with Gasteiger partial charge in [0.1, 0.15) is 5.60 Å². The summed E-state index contributed by atoms with van der Waals surface area (Å²) in [4.78, 5) is 4.75. The second kappa shape index (κ2) is 6.05. The van der Waals surface area contributed by atoms with Crippen molar-refractivity contribution in [3.63, 3.8) is 0 Å². The van der Waals surface area contributed by atoms with E-state index in [0.29, 0.717) is 24.4 Å². The van der Waals surface area contributed by atoms with Crippen LogP contribution < -0.4 is 5.32 Å². The van der Waals surface area contributed by atoms with Crippen molar-refractivity contribution in [2.75, 3.05) is 19.7 Å². The maximum atomic E-state index is 6.13. The van der Waals surface area contributed by atoms with E-state index in [4.69, 9.17) is 14.2 Å². The van der Waals surface area contributed by atoms with E-state index >= 15 is 0 Å². The van der Waals surface area contributed by atoms with Crippen LogP contribution in [0.15, 0.2) is 4.52 Å².